The Balaban J connectivity index is 1.94. The highest BCUT2D eigenvalue weighted by molar-refractivity contribution is 6.74. The van der Waals surface area contributed by atoms with Crippen molar-refractivity contribution in [2.45, 2.75) is 87.9 Å². The summed E-state index contributed by atoms with van der Waals surface area (Å²) in [5.41, 5.74) is -3.09. The van der Waals surface area contributed by atoms with Crippen LogP contribution in [-0.4, -0.2) is 71.2 Å². The van der Waals surface area contributed by atoms with Gasteiger partial charge in [-0.25, -0.2) is 14.4 Å². The Morgan fingerprint density at radius 2 is 1.69 bits per heavy atom. The van der Waals surface area contributed by atoms with Crippen molar-refractivity contribution in [3.05, 3.63) is 35.9 Å². The van der Waals surface area contributed by atoms with Crippen LogP contribution in [0.3, 0.4) is 0 Å². The van der Waals surface area contributed by atoms with E-state index in [9.17, 15) is 29.7 Å². The van der Waals surface area contributed by atoms with Gasteiger partial charge in [0.1, 0.15) is 5.60 Å². The minimum absolute atomic E-state index is 0.00161. The normalized spacial score (nSPS) is 30.7. The summed E-state index contributed by atoms with van der Waals surface area (Å²) >= 11 is 0. The molecule has 3 rings (SSSR count). The van der Waals surface area contributed by atoms with Crippen molar-refractivity contribution in [3.63, 3.8) is 0 Å². The highest BCUT2D eigenvalue weighted by atomic mass is 28.4. The van der Waals surface area contributed by atoms with Gasteiger partial charge in [0.15, 0.2) is 14.4 Å². The molecule has 194 valence electrons. The zero-order valence-corrected chi connectivity index (χ0v) is 21.7. The van der Waals surface area contributed by atoms with Crippen molar-refractivity contribution in [1.82, 2.24) is 0 Å². The first-order valence-corrected chi connectivity index (χ1v) is 14.4. The molecule has 2 saturated heterocycles. The largest absolute Gasteiger partial charge is 0.479 e. The smallest absolute Gasteiger partial charge is 0.368 e. The summed E-state index contributed by atoms with van der Waals surface area (Å²) < 4.78 is 23.4. The van der Waals surface area contributed by atoms with Crippen LogP contribution in [0.1, 0.15) is 45.6 Å². The SMILES string of the molecule is CC(C)(C)[Si](C)(C)O[C@]1(C(=O)O)CC[C@]2(CCOCc3ccccc3)O[C@@]1(C(=O)O)O[C@@H]2C(=O)O. The van der Waals surface area contributed by atoms with Gasteiger partial charge < -0.3 is 34.0 Å². The monoisotopic (exact) mass is 510 g/mol. The van der Waals surface area contributed by atoms with Crippen molar-refractivity contribution in [2.24, 2.45) is 0 Å². The predicted molar refractivity (Wildman–Crippen MR) is 125 cm³/mol. The molecule has 1 aromatic carbocycles. The van der Waals surface area contributed by atoms with E-state index < -0.39 is 54.4 Å². The van der Waals surface area contributed by atoms with Crippen LogP contribution < -0.4 is 0 Å². The van der Waals surface area contributed by atoms with Crippen molar-refractivity contribution in [1.29, 1.82) is 0 Å². The van der Waals surface area contributed by atoms with E-state index in [2.05, 4.69) is 0 Å². The van der Waals surface area contributed by atoms with Gasteiger partial charge in [0, 0.05) is 13.0 Å². The van der Waals surface area contributed by atoms with Crippen LogP contribution in [0.15, 0.2) is 30.3 Å². The maximum absolute atomic E-state index is 12.7. The maximum atomic E-state index is 12.7. The third-order valence-corrected chi connectivity index (χ3v) is 11.9. The third-order valence-electron chi connectivity index (χ3n) is 7.41. The quantitative estimate of drug-likeness (QED) is 0.316. The molecule has 0 amide bonds. The molecule has 0 aliphatic carbocycles. The van der Waals surface area contributed by atoms with Crippen LogP contribution in [0.25, 0.3) is 0 Å². The summed E-state index contributed by atoms with van der Waals surface area (Å²) in [5, 5.41) is 30.0. The fraction of sp³-hybridized carbons (Fsp3) is 0.625. The van der Waals surface area contributed by atoms with Gasteiger partial charge in [-0.3, -0.25) is 0 Å². The summed E-state index contributed by atoms with van der Waals surface area (Å²) in [4.78, 5) is 37.5. The topological polar surface area (TPSA) is 149 Å². The van der Waals surface area contributed by atoms with Gasteiger partial charge in [-0.2, -0.15) is 0 Å². The Morgan fingerprint density at radius 3 is 2.20 bits per heavy atom. The van der Waals surface area contributed by atoms with Crippen LogP contribution in [0.4, 0.5) is 0 Å². The van der Waals surface area contributed by atoms with E-state index in [1.807, 2.05) is 51.1 Å². The minimum Gasteiger partial charge on any atom is -0.479 e. The number of ether oxygens (including phenoxy) is 3. The minimum atomic E-state index is -2.88. The molecule has 2 aliphatic rings. The molecule has 4 atom stereocenters. The lowest BCUT2D eigenvalue weighted by atomic mass is 9.78. The average molecular weight is 511 g/mol. The molecule has 2 heterocycles. The molecule has 0 spiro atoms. The first-order valence-electron chi connectivity index (χ1n) is 11.5. The molecular formula is C24H34O10Si. The van der Waals surface area contributed by atoms with Gasteiger partial charge in [-0.15, -0.1) is 0 Å². The first kappa shape index (κ1) is 27.3. The summed E-state index contributed by atoms with van der Waals surface area (Å²) in [5.74, 6) is -7.57. The number of rotatable bonds is 10. The van der Waals surface area contributed by atoms with Gasteiger partial charge in [-0.1, -0.05) is 51.1 Å². The number of carboxylic acid groups (broad SMARTS) is 3. The number of benzene rings is 1. The van der Waals surface area contributed by atoms with E-state index >= 15 is 0 Å². The summed E-state index contributed by atoms with van der Waals surface area (Å²) in [6, 6.07) is 9.35. The molecular weight excluding hydrogens is 476 g/mol. The second kappa shape index (κ2) is 9.29. The standard InChI is InChI=1S/C24H34O10Si/c1-21(2,3)35(4,5)34-23(19(27)28)12-11-22(13-14-31-15-16-9-7-6-8-10-16)17(18(25)26)32-24(23,33-22)20(29)30/h6-10,17H,11-15H2,1-5H3,(H,25,26)(H,27,28)(H,29,30)/t17-,22-,23+,24-/m1/s1. The Bertz CT molecular complexity index is 974. The zero-order chi connectivity index (χ0) is 26.3. The van der Waals surface area contributed by atoms with E-state index in [0.717, 1.165) is 5.56 Å². The fourth-order valence-corrected chi connectivity index (χ4v) is 5.91. The summed E-state index contributed by atoms with van der Waals surface area (Å²) in [6.45, 7) is 9.56. The van der Waals surface area contributed by atoms with E-state index in [-0.39, 0.29) is 32.5 Å². The van der Waals surface area contributed by atoms with Gasteiger partial charge >= 0.3 is 23.7 Å². The van der Waals surface area contributed by atoms with Crippen LogP contribution >= 0.6 is 0 Å². The van der Waals surface area contributed by atoms with Gasteiger partial charge in [-0.05, 0) is 36.5 Å². The third kappa shape index (κ3) is 4.63. The van der Waals surface area contributed by atoms with Crippen molar-refractivity contribution in [2.75, 3.05) is 6.61 Å². The highest BCUT2D eigenvalue weighted by Gasteiger charge is 2.79. The van der Waals surface area contributed by atoms with E-state index in [1.165, 1.54) is 0 Å². The molecule has 10 nitrogen and oxygen atoms in total. The van der Waals surface area contributed by atoms with Crippen molar-refractivity contribution >= 4 is 26.2 Å². The molecule has 0 radical (unpaired) electrons. The number of fused-ring (bicyclic) bond motifs is 2. The van der Waals surface area contributed by atoms with Gasteiger partial charge in [0.05, 0.1) is 6.61 Å². The van der Waals surface area contributed by atoms with E-state index in [0.29, 0.717) is 0 Å². The second-order valence-corrected chi connectivity index (χ2v) is 15.4. The average Bonchev–Trinajstić information content (AvgIpc) is 3.06. The predicted octanol–water partition coefficient (Wildman–Crippen LogP) is 3.25. The molecule has 1 aromatic rings. The molecule has 0 aromatic heterocycles. The molecule has 0 saturated carbocycles. The highest BCUT2D eigenvalue weighted by Crippen LogP contribution is 2.57. The lowest BCUT2D eigenvalue weighted by Crippen LogP contribution is -2.71. The number of hydrogen-bond acceptors (Lipinski definition) is 7. The molecule has 11 heteroatoms. The Morgan fingerprint density at radius 1 is 1.06 bits per heavy atom. The lowest BCUT2D eigenvalue weighted by molar-refractivity contribution is -0.295. The van der Waals surface area contributed by atoms with Crippen molar-refractivity contribution < 1.29 is 48.3 Å². The molecule has 0 unspecified atom stereocenters. The summed E-state index contributed by atoms with van der Waals surface area (Å²) in [6.07, 6.45) is -2.08. The Kier molecular flexibility index (Phi) is 7.24. The number of carboxylic acids is 3. The summed E-state index contributed by atoms with van der Waals surface area (Å²) in [7, 11) is -2.88. The number of aliphatic carboxylic acids is 3. The number of carbonyl (C=O) groups is 3. The van der Waals surface area contributed by atoms with Crippen LogP contribution in [-0.2, 0) is 39.6 Å². The Hall–Kier alpha value is -2.31. The first-order chi connectivity index (χ1) is 16.1. The van der Waals surface area contributed by atoms with E-state index in [1.54, 1.807) is 13.1 Å². The molecule has 35 heavy (non-hydrogen) atoms. The van der Waals surface area contributed by atoms with Crippen molar-refractivity contribution in [3.8, 4) is 0 Å². The van der Waals surface area contributed by atoms with Gasteiger partial charge in [0.2, 0.25) is 5.60 Å². The Labute approximate surface area is 205 Å². The fourth-order valence-electron chi connectivity index (χ4n) is 4.41. The van der Waals surface area contributed by atoms with Crippen LogP contribution in [0.2, 0.25) is 18.1 Å². The lowest BCUT2D eigenvalue weighted by Gasteiger charge is -2.51. The molecule has 3 N–H and O–H groups in total. The molecule has 2 bridgehead atoms. The van der Waals surface area contributed by atoms with E-state index in [4.69, 9.17) is 18.6 Å². The van der Waals surface area contributed by atoms with Crippen LogP contribution in [0.5, 0.6) is 0 Å². The van der Waals surface area contributed by atoms with Crippen LogP contribution in [0, 0.1) is 0 Å². The van der Waals surface area contributed by atoms with Gasteiger partial charge in [0.25, 0.3) is 0 Å². The molecule has 2 fully saturated rings. The second-order valence-electron chi connectivity index (χ2n) is 10.7. The zero-order valence-electron chi connectivity index (χ0n) is 20.7. The molecule has 2 aliphatic heterocycles. The maximum Gasteiger partial charge on any atom is 0.368 e. The number of hydrogen-bond donors (Lipinski definition) is 3.